The van der Waals surface area contributed by atoms with Gasteiger partial charge in [-0.2, -0.15) is 0 Å². The summed E-state index contributed by atoms with van der Waals surface area (Å²) in [6, 6.07) is 4.87. The van der Waals surface area contributed by atoms with E-state index >= 15 is 0 Å². The van der Waals surface area contributed by atoms with Crippen molar-refractivity contribution in [1.82, 2.24) is 4.90 Å². The van der Waals surface area contributed by atoms with Crippen LogP contribution in [0.4, 0.5) is 4.39 Å². The molecular formula is C13H14FNO. The van der Waals surface area contributed by atoms with Crippen molar-refractivity contribution in [2.75, 3.05) is 19.7 Å². The first kappa shape index (κ1) is 10.1. The highest BCUT2D eigenvalue weighted by Crippen LogP contribution is 2.45. The lowest BCUT2D eigenvalue weighted by molar-refractivity contribution is 0.166. The Hall–Kier alpha value is -1.09. The highest BCUT2D eigenvalue weighted by atomic mass is 19.1. The van der Waals surface area contributed by atoms with Crippen LogP contribution in [0, 0.1) is 12.9 Å². The summed E-state index contributed by atoms with van der Waals surface area (Å²) in [5.74, 6) is 0.484. The average molecular weight is 219 g/mol. The van der Waals surface area contributed by atoms with E-state index in [-0.39, 0.29) is 11.2 Å². The zero-order chi connectivity index (χ0) is 11.2. The second-order valence-corrected chi connectivity index (χ2v) is 4.75. The summed E-state index contributed by atoms with van der Waals surface area (Å²) < 4.78 is 18.7. The molecule has 0 N–H and O–H groups in total. The van der Waals surface area contributed by atoms with Crippen LogP contribution in [0.1, 0.15) is 18.4 Å². The fraction of sp³-hybridized carbons (Fsp3) is 0.462. The zero-order valence-electron chi connectivity index (χ0n) is 9.08. The van der Waals surface area contributed by atoms with Gasteiger partial charge in [-0.1, -0.05) is 6.07 Å². The van der Waals surface area contributed by atoms with Crippen molar-refractivity contribution < 1.29 is 9.13 Å². The molecule has 0 unspecified atom stereocenters. The molecule has 0 aliphatic carbocycles. The van der Waals surface area contributed by atoms with E-state index in [0.29, 0.717) is 12.4 Å². The average Bonchev–Trinajstić information content (AvgIpc) is 2.62. The van der Waals surface area contributed by atoms with Crippen molar-refractivity contribution in [2.45, 2.75) is 18.3 Å². The van der Waals surface area contributed by atoms with Crippen LogP contribution in [0.3, 0.4) is 0 Å². The largest absolute Gasteiger partial charge is 0.492 e. The molecule has 1 aromatic rings. The minimum atomic E-state index is -0.230. The molecule has 0 bridgehead atoms. The molecule has 1 fully saturated rings. The maximum atomic E-state index is 13.1. The first-order chi connectivity index (χ1) is 7.70. The summed E-state index contributed by atoms with van der Waals surface area (Å²) in [5, 5.41) is 0. The summed E-state index contributed by atoms with van der Waals surface area (Å²) in [5.41, 5.74) is 1.22. The predicted molar refractivity (Wildman–Crippen MR) is 58.7 cm³/mol. The predicted octanol–water partition coefficient (Wildman–Crippen LogP) is 2.22. The normalized spacial score (nSPS) is 23.1. The quantitative estimate of drug-likeness (QED) is 0.663. The zero-order valence-corrected chi connectivity index (χ0v) is 9.08. The van der Waals surface area contributed by atoms with Crippen molar-refractivity contribution in [3.05, 3.63) is 36.6 Å². The van der Waals surface area contributed by atoms with Crippen LogP contribution >= 0.6 is 0 Å². The van der Waals surface area contributed by atoms with E-state index < -0.39 is 0 Å². The van der Waals surface area contributed by atoms with Gasteiger partial charge in [0.1, 0.15) is 11.6 Å². The summed E-state index contributed by atoms with van der Waals surface area (Å²) in [6.45, 7) is 2.42. The van der Waals surface area contributed by atoms with Crippen molar-refractivity contribution in [3.63, 3.8) is 0 Å². The Balaban J connectivity index is 1.96. The molecule has 84 valence electrons. The Morgan fingerprint density at radius 3 is 2.81 bits per heavy atom. The summed E-state index contributed by atoms with van der Waals surface area (Å²) >= 11 is 0. The molecular weight excluding hydrogens is 205 g/mol. The first-order valence-electron chi connectivity index (χ1n) is 5.62. The molecule has 0 atom stereocenters. The molecule has 2 aliphatic heterocycles. The highest BCUT2D eigenvalue weighted by molar-refractivity contribution is 5.44. The molecule has 2 radical (unpaired) electrons. The van der Waals surface area contributed by atoms with E-state index in [1.165, 1.54) is 12.1 Å². The number of fused-ring (bicyclic) bond motifs is 2. The monoisotopic (exact) mass is 219 g/mol. The van der Waals surface area contributed by atoms with Crippen LogP contribution in [0.15, 0.2) is 18.2 Å². The lowest BCUT2D eigenvalue weighted by atomic mass is 9.74. The Labute approximate surface area is 95.0 Å². The second-order valence-electron chi connectivity index (χ2n) is 4.75. The molecule has 3 rings (SSSR count). The van der Waals surface area contributed by atoms with Gasteiger partial charge in [-0.25, -0.2) is 4.39 Å². The van der Waals surface area contributed by atoms with Crippen molar-refractivity contribution in [2.24, 2.45) is 0 Å². The second kappa shape index (κ2) is 3.45. The summed E-state index contributed by atoms with van der Waals surface area (Å²) in [6.07, 6.45) is 1.98. The van der Waals surface area contributed by atoms with Crippen molar-refractivity contribution >= 4 is 0 Å². The van der Waals surface area contributed by atoms with E-state index in [1.807, 2.05) is 11.0 Å². The smallest absolute Gasteiger partial charge is 0.126 e. The maximum Gasteiger partial charge on any atom is 0.126 e. The van der Waals surface area contributed by atoms with Crippen LogP contribution < -0.4 is 4.74 Å². The molecule has 16 heavy (non-hydrogen) atoms. The molecule has 2 nitrogen and oxygen atoms in total. The Bertz CT molecular complexity index is 410. The van der Waals surface area contributed by atoms with Crippen molar-refractivity contribution in [3.8, 4) is 5.75 Å². The molecule has 1 saturated heterocycles. The lowest BCUT2D eigenvalue weighted by Gasteiger charge is -2.36. The van der Waals surface area contributed by atoms with E-state index in [0.717, 1.165) is 31.5 Å². The van der Waals surface area contributed by atoms with Gasteiger partial charge in [0.15, 0.2) is 0 Å². The molecule has 2 aliphatic rings. The number of nitrogens with zero attached hydrogens (tertiary/aromatic N) is 1. The van der Waals surface area contributed by atoms with Gasteiger partial charge >= 0.3 is 0 Å². The lowest BCUT2D eigenvalue weighted by Crippen LogP contribution is -2.41. The number of hydrogen-bond donors (Lipinski definition) is 0. The Morgan fingerprint density at radius 1 is 1.31 bits per heavy atom. The van der Waals surface area contributed by atoms with Crippen LogP contribution in [-0.4, -0.2) is 24.6 Å². The SMILES string of the molecule is [CH]N1CCC2(CC1)COc1cc(F)ccc12. The minimum absolute atomic E-state index is 0.0684. The van der Waals surface area contributed by atoms with Gasteiger partial charge in [0, 0.05) is 24.1 Å². The number of halogens is 1. The van der Waals surface area contributed by atoms with Crippen molar-refractivity contribution in [1.29, 1.82) is 0 Å². The van der Waals surface area contributed by atoms with Gasteiger partial charge in [0.25, 0.3) is 0 Å². The summed E-state index contributed by atoms with van der Waals surface area (Å²) in [7, 11) is 5.76. The van der Waals surface area contributed by atoms with E-state index in [2.05, 4.69) is 0 Å². The van der Waals surface area contributed by atoms with Gasteiger partial charge < -0.3 is 4.74 Å². The Morgan fingerprint density at radius 2 is 2.06 bits per heavy atom. The standard InChI is InChI=1S/C13H14FNO/c1-15-6-4-13(5-7-15)9-16-12-8-10(14)2-3-11(12)13/h1-3,8H,4-7,9H2. The number of ether oxygens (including phenoxy) is 1. The molecule has 3 heteroatoms. The van der Waals surface area contributed by atoms with Crippen LogP contribution in [0.5, 0.6) is 5.75 Å². The third-order valence-corrected chi connectivity index (χ3v) is 3.77. The van der Waals surface area contributed by atoms with Crippen LogP contribution in [0.2, 0.25) is 0 Å². The van der Waals surface area contributed by atoms with Gasteiger partial charge in [-0.15, -0.1) is 0 Å². The molecule has 0 amide bonds. The topological polar surface area (TPSA) is 12.5 Å². The van der Waals surface area contributed by atoms with E-state index in [1.54, 1.807) is 0 Å². The number of rotatable bonds is 0. The fourth-order valence-corrected chi connectivity index (χ4v) is 2.71. The minimum Gasteiger partial charge on any atom is -0.492 e. The number of benzene rings is 1. The Kier molecular flexibility index (Phi) is 2.18. The third-order valence-electron chi connectivity index (χ3n) is 3.77. The fourth-order valence-electron chi connectivity index (χ4n) is 2.71. The molecule has 1 aromatic carbocycles. The van der Waals surface area contributed by atoms with Gasteiger partial charge in [0.2, 0.25) is 0 Å². The van der Waals surface area contributed by atoms with Crippen LogP contribution in [0.25, 0.3) is 0 Å². The molecule has 2 heterocycles. The van der Waals surface area contributed by atoms with E-state index in [4.69, 9.17) is 11.8 Å². The molecule has 1 spiro atoms. The van der Waals surface area contributed by atoms with Crippen LogP contribution in [-0.2, 0) is 5.41 Å². The molecule has 0 aromatic heterocycles. The number of likely N-dealkylation sites (tertiary alicyclic amines) is 1. The van der Waals surface area contributed by atoms with Gasteiger partial charge in [-0.05, 0) is 32.0 Å². The number of piperidine rings is 1. The summed E-state index contributed by atoms with van der Waals surface area (Å²) in [4.78, 5) is 1.84. The van der Waals surface area contributed by atoms with E-state index in [9.17, 15) is 4.39 Å². The molecule has 0 saturated carbocycles. The highest BCUT2D eigenvalue weighted by Gasteiger charge is 2.42. The van der Waals surface area contributed by atoms with Gasteiger partial charge in [-0.3, -0.25) is 4.90 Å². The number of hydrogen-bond acceptors (Lipinski definition) is 2. The van der Waals surface area contributed by atoms with Gasteiger partial charge in [0.05, 0.1) is 6.61 Å². The maximum absolute atomic E-state index is 13.1. The third kappa shape index (κ3) is 1.42. The first-order valence-corrected chi connectivity index (χ1v) is 5.62.